The summed E-state index contributed by atoms with van der Waals surface area (Å²) in [6, 6.07) is 3.95. The van der Waals surface area contributed by atoms with Crippen molar-refractivity contribution in [2.45, 2.75) is 26.4 Å². The minimum Gasteiger partial charge on any atom is -0.458 e. The smallest absolute Gasteiger partial charge is 0.316 e. The molecule has 1 fully saturated rings. The number of fused-ring (bicyclic) bond motifs is 1. The number of hydrogen-bond donors (Lipinski definition) is 0. The Kier molecular flexibility index (Phi) is 3.75. The maximum absolute atomic E-state index is 12.7. The van der Waals surface area contributed by atoms with Gasteiger partial charge in [0.05, 0.1) is 6.54 Å². The fourth-order valence-electron chi connectivity index (χ4n) is 2.90. The molecule has 4 heterocycles. The van der Waals surface area contributed by atoms with Crippen LogP contribution >= 0.6 is 0 Å². The maximum Gasteiger partial charge on any atom is 0.316 e. The normalized spacial score (nSPS) is 17.2. The monoisotopic (exact) mass is 339 g/mol. The van der Waals surface area contributed by atoms with Gasteiger partial charge in [-0.05, 0) is 26.0 Å². The summed E-state index contributed by atoms with van der Waals surface area (Å²) in [5.74, 6) is 0.367. The molecule has 3 aromatic heterocycles. The molecule has 9 nitrogen and oxygen atoms in total. The van der Waals surface area contributed by atoms with Gasteiger partial charge in [0, 0.05) is 36.7 Å². The Balaban J connectivity index is 1.49. The molecular weight excluding hydrogens is 322 g/mol. The predicted octanol–water partition coefficient (Wildman–Crippen LogP) is 0.825. The summed E-state index contributed by atoms with van der Waals surface area (Å²) < 4.78 is 7.30. The Bertz CT molecular complexity index is 925. The van der Waals surface area contributed by atoms with E-state index < -0.39 is 0 Å². The third kappa shape index (κ3) is 3.00. The topological polar surface area (TPSA) is 98.4 Å². The second-order valence-electron chi connectivity index (χ2n) is 6.00. The quantitative estimate of drug-likeness (QED) is 0.697. The first-order chi connectivity index (χ1) is 12.1. The summed E-state index contributed by atoms with van der Waals surface area (Å²) in [4.78, 5) is 31.0. The Morgan fingerprint density at radius 2 is 2.04 bits per heavy atom. The first kappa shape index (κ1) is 15.4. The SMILES string of the molecule is Cc1cc(C)n2nc(C(=O)N3CC[C@@H](Oc4ncccn4)C3)nc2n1. The van der Waals surface area contributed by atoms with E-state index in [1.807, 2.05) is 19.9 Å². The molecule has 0 aromatic carbocycles. The molecule has 0 saturated carbocycles. The van der Waals surface area contributed by atoms with E-state index in [4.69, 9.17) is 4.74 Å². The highest BCUT2D eigenvalue weighted by Gasteiger charge is 2.31. The van der Waals surface area contributed by atoms with Crippen LogP contribution in [0.5, 0.6) is 6.01 Å². The lowest BCUT2D eigenvalue weighted by Crippen LogP contribution is -2.31. The van der Waals surface area contributed by atoms with E-state index >= 15 is 0 Å². The van der Waals surface area contributed by atoms with Gasteiger partial charge in [-0.1, -0.05) is 0 Å². The van der Waals surface area contributed by atoms with Gasteiger partial charge >= 0.3 is 6.01 Å². The molecule has 4 rings (SSSR count). The molecule has 0 radical (unpaired) electrons. The van der Waals surface area contributed by atoms with Crippen LogP contribution in [0.1, 0.15) is 28.4 Å². The zero-order valence-corrected chi connectivity index (χ0v) is 14.0. The van der Waals surface area contributed by atoms with E-state index in [1.54, 1.807) is 27.9 Å². The van der Waals surface area contributed by atoms with Crippen LogP contribution in [-0.4, -0.2) is 59.6 Å². The van der Waals surface area contributed by atoms with Crippen LogP contribution in [0, 0.1) is 13.8 Å². The zero-order chi connectivity index (χ0) is 17.4. The summed E-state index contributed by atoms with van der Waals surface area (Å²) in [5.41, 5.74) is 1.73. The van der Waals surface area contributed by atoms with Gasteiger partial charge in [0.2, 0.25) is 5.82 Å². The summed E-state index contributed by atoms with van der Waals surface area (Å²) in [7, 11) is 0. The number of carbonyl (C=O) groups is 1. The number of aryl methyl sites for hydroxylation is 2. The van der Waals surface area contributed by atoms with Crippen molar-refractivity contribution in [2.75, 3.05) is 13.1 Å². The zero-order valence-electron chi connectivity index (χ0n) is 14.0. The molecule has 3 aromatic rings. The number of likely N-dealkylation sites (tertiary alicyclic amines) is 1. The van der Waals surface area contributed by atoms with Gasteiger partial charge in [-0.3, -0.25) is 4.79 Å². The summed E-state index contributed by atoms with van der Waals surface area (Å²) in [6.07, 6.45) is 3.83. The van der Waals surface area contributed by atoms with Crippen LogP contribution in [-0.2, 0) is 0 Å². The highest BCUT2D eigenvalue weighted by molar-refractivity contribution is 5.91. The molecular formula is C16H17N7O2. The Labute approximate surface area is 143 Å². The molecule has 1 aliphatic rings. The van der Waals surface area contributed by atoms with Gasteiger partial charge in [-0.25, -0.2) is 19.5 Å². The number of nitrogens with zero attached hydrogens (tertiary/aromatic N) is 7. The molecule has 1 atom stereocenters. The molecule has 25 heavy (non-hydrogen) atoms. The van der Waals surface area contributed by atoms with Crippen LogP contribution in [0.2, 0.25) is 0 Å². The lowest BCUT2D eigenvalue weighted by Gasteiger charge is -2.14. The van der Waals surface area contributed by atoms with Gasteiger partial charge in [0.15, 0.2) is 0 Å². The van der Waals surface area contributed by atoms with Gasteiger partial charge in [0.1, 0.15) is 6.10 Å². The number of hydrogen-bond acceptors (Lipinski definition) is 7. The molecule has 1 saturated heterocycles. The van der Waals surface area contributed by atoms with Crippen LogP contribution in [0.25, 0.3) is 5.78 Å². The van der Waals surface area contributed by atoms with E-state index in [1.165, 1.54) is 0 Å². The van der Waals surface area contributed by atoms with Gasteiger partial charge in [-0.2, -0.15) is 4.98 Å². The standard InChI is InChI=1S/C16H17N7O2/c1-10-8-11(2)23-15(19-10)20-13(21-23)14(24)22-7-4-12(9-22)25-16-17-5-3-6-18-16/h3,5-6,8,12H,4,7,9H2,1-2H3/t12-/m1/s1. The second-order valence-corrected chi connectivity index (χ2v) is 6.00. The third-order valence-corrected chi connectivity index (χ3v) is 4.06. The summed E-state index contributed by atoms with van der Waals surface area (Å²) >= 11 is 0. The highest BCUT2D eigenvalue weighted by atomic mass is 16.5. The Morgan fingerprint density at radius 3 is 2.84 bits per heavy atom. The minimum absolute atomic E-state index is 0.134. The van der Waals surface area contributed by atoms with E-state index in [2.05, 4.69) is 25.0 Å². The van der Waals surface area contributed by atoms with Crippen molar-refractivity contribution in [1.29, 1.82) is 0 Å². The van der Waals surface area contributed by atoms with Crippen molar-refractivity contribution < 1.29 is 9.53 Å². The van der Waals surface area contributed by atoms with Crippen LogP contribution < -0.4 is 4.74 Å². The van der Waals surface area contributed by atoms with E-state index in [-0.39, 0.29) is 17.8 Å². The largest absolute Gasteiger partial charge is 0.458 e. The molecule has 9 heteroatoms. The molecule has 0 aliphatic carbocycles. The van der Waals surface area contributed by atoms with Crippen LogP contribution in [0.4, 0.5) is 0 Å². The lowest BCUT2D eigenvalue weighted by atomic mass is 10.3. The Hall–Kier alpha value is -3.10. The number of carbonyl (C=O) groups excluding carboxylic acids is 1. The van der Waals surface area contributed by atoms with Crippen LogP contribution in [0.3, 0.4) is 0 Å². The van der Waals surface area contributed by atoms with Crippen molar-refractivity contribution >= 4 is 11.7 Å². The summed E-state index contributed by atoms with van der Waals surface area (Å²) in [5, 5.41) is 4.29. The number of ether oxygens (including phenoxy) is 1. The fraction of sp³-hybridized carbons (Fsp3) is 0.375. The average Bonchev–Trinajstić information content (AvgIpc) is 3.22. The van der Waals surface area contributed by atoms with Crippen molar-refractivity contribution in [3.63, 3.8) is 0 Å². The highest BCUT2D eigenvalue weighted by Crippen LogP contribution is 2.17. The number of aromatic nitrogens is 6. The third-order valence-electron chi connectivity index (χ3n) is 4.06. The van der Waals surface area contributed by atoms with E-state index in [0.29, 0.717) is 31.3 Å². The molecule has 128 valence electrons. The molecule has 1 amide bonds. The molecule has 0 bridgehead atoms. The first-order valence-electron chi connectivity index (χ1n) is 8.04. The molecule has 0 unspecified atom stereocenters. The van der Waals surface area contributed by atoms with Crippen molar-refractivity contribution in [3.05, 3.63) is 41.7 Å². The van der Waals surface area contributed by atoms with E-state index in [9.17, 15) is 4.79 Å². The second kappa shape index (κ2) is 6.08. The molecule has 0 N–H and O–H groups in total. The number of rotatable bonds is 3. The molecule has 1 aliphatic heterocycles. The summed E-state index contributed by atoms with van der Waals surface area (Å²) in [6.45, 7) is 4.83. The lowest BCUT2D eigenvalue weighted by molar-refractivity contribution is 0.0758. The maximum atomic E-state index is 12.7. The van der Waals surface area contributed by atoms with Crippen molar-refractivity contribution in [1.82, 2.24) is 34.4 Å². The first-order valence-corrected chi connectivity index (χ1v) is 8.04. The van der Waals surface area contributed by atoms with Gasteiger partial charge < -0.3 is 9.64 Å². The average molecular weight is 339 g/mol. The number of amides is 1. The van der Waals surface area contributed by atoms with Crippen LogP contribution in [0.15, 0.2) is 24.5 Å². The van der Waals surface area contributed by atoms with E-state index in [0.717, 1.165) is 11.4 Å². The van der Waals surface area contributed by atoms with Crippen molar-refractivity contribution in [3.8, 4) is 6.01 Å². The van der Waals surface area contributed by atoms with Gasteiger partial charge in [-0.15, -0.1) is 5.10 Å². The molecule has 0 spiro atoms. The minimum atomic E-state index is -0.220. The Morgan fingerprint density at radius 1 is 1.24 bits per heavy atom. The fourth-order valence-corrected chi connectivity index (χ4v) is 2.90. The predicted molar refractivity (Wildman–Crippen MR) is 87.2 cm³/mol. The van der Waals surface area contributed by atoms with Gasteiger partial charge in [0.25, 0.3) is 11.7 Å². The van der Waals surface area contributed by atoms with Crippen molar-refractivity contribution in [2.24, 2.45) is 0 Å².